The molecule has 0 radical (unpaired) electrons. The van der Waals surface area contributed by atoms with Crippen molar-refractivity contribution in [2.45, 2.75) is 39.5 Å². The number of carbonyl (C=O) groups excluding carboxylic acids is 1. The summed E-state index contributed by atoms with van der Waals surface area (Å²) in [6.07, 6.45) is 0.211. The molecule has 1 fully saturated rings. The van der Waals surface area contributed by atoms with Crippen LogP contribution in [0, 0.1) is 6.92 Å². The number of carbonyl (C=O) groups is 1. The number of hydrogen-bond acceptors (Lipinski definition) is 2. The summed E-state index contributed by atoms with van der Waals surface area (Å²) >= 11 is 0. The number of nitrogens with zero attached hydrogens (tertiary/aromatic N) is 1. The molecule has 0 saturated carbocycles. The van der Waals surface area contributed by atoms with Crippen molar-refractivity contribution in [3.05, 3.63) is 35.4 Å². The Morgan fingerprint density at radius 2 is 1.84 bits per heavy atom. The number of aryl methyl sites for hydroxylation is 1. The SMILES string of the molecule is Cc1ccc(CNC(=O)N2C[C@@H](C)O[C@H](C)C2)cc1. The molecular weight excluding hydrogens is 240 g/mol. The molecule has 4 nitrogen and oxygen atoms in total. The number of nitrogens with one attached hydrogen (secondary N) is 1. The normalized spacial score (nSPS) is 23.2. The van der Waals surface area contributed by atoms with Gasteiger partial charge in [-0.25, -0.2) is 4.79 Å². The fourth-order valence-corrected chi connectivity index (χ4v) is 2.34. The summed E-state index contributed by atoms with van der Waals surface area (Å²) in [4.78, 5) is 13.9. The third-order valence-electron chi connectivity index (χ3n) is 3.27. The lowest BCUT2D eigenvalue weighted by Gasteiger charge is -2.35. The number of amides is 2. The minimum atomic E-state index is -0.0115. The fraction of sp³-hybridized carbons (Fsp3) is 0.533. The highest BCUT2D eigenvalue weighted by atomic mass is 16.5. The van der Waals surface area contributed by atoms with Crippen molar-refractivity contribution in [2.24, 2.45) is 0 Å². The van der Waals surface area contributed by atoms with Crippen LogP contribution in [0.4, 0.5) is 4.79 Å². The Labute approximate surface area is 114 Å². The molecule has 0 aromatic heterocycles. The molecule has 0 unspecified atom stereocenters. The first-order valence-electron chi connectivity index (χ1n) is 6.78. The Balaban J connectivity index is 1.85. The van der Waals surface area contributed by atoms with Gasteiger partial charge in [0.15, 0.2) is 0 Å². The van der Waals surface area contributed by atoms with E-state index < -0.39 is 0 Å². The molecule has 1 aliphatic rings. The van der Waals surface area contributed by atoms with Crippen LogP contribution in [0.5, 0.6) is 0 Å². The minimum Gasteiger partial charge on any atom is -0.372 e. The van der Waals surface area contributed by atoms with Gasteiger partial charge in [0, 0.05) is 19.6 Å². The number of hydrogen-bond donors (Lipinski definition) is 1. The Bertz CT molecular complexity index is 420. The second kappa shape index (κ2) is 6.06. The topological polar surface area (TPSA) is 41.6 Å². The van der Waals surface area contributed by atoms with Gasteiger partial charge >= 0.3 is 6.03 Å². The van der Waals surface area contributed by atoms with E-state index in [9.17, 15) is 4.79 Å². The van der Waals surface area contributed by atoms with E-state index in [1.807, 2.05) is 30.9 Å². The van der Waals surface area contributed by atoms with Crippen molar-refractivity contribution in [1.29, 1.82) is 0 Å². The van der Waals surface area contributed by atoms with Crippen LogP contribution in [-0.4, -0.2) is 36.2 Å². The van der Waals surface area contributed by atoms with Gasteiger partial charge in [0.05, 0.1) is 12.2 Å². The smallest absolute Gasteiger partial charge is 0.317 e. The van der Waals surface area contributed by atoms with E-state index in [1.54, 1.807) is 0 Å². The van der Waals surface area contributed by atoms with Crippen molar-refractivity contribution in [3.8, 4) is 0 Å². The Morgan fingerprint density at radius 1 is 1.26 bits per heavy atom. The molecule has 0 bridgehead atoms. The lowest BCUT2D eigenvalue weighted by Crippen LogP contribution is -2.51. The molecule has 2 rings (SSSR count). The third kappa shape index (κ3) is 3.96. The standard InChI is InChI=1S/C15H22N2O2/c1-11-4-6-14(7-5-11)8-16-15(18)17-9-12(2)19-13(3)10-17/h4-7,12-13H,8-10H2,1-3H3,(H,16,18)/t12-,13-/m1/s1. The van der Waals surface area contributed by atoms with Gasteiger partial charge in [-0.05, 0) is 26.3 Å². The average Bonchev–Trinajstić information content (AvgIpc) is 2.36. The first kappa shape index (κ1) is 13.9. The molecule has 0 aliphatic carbocycles. The van der Waals surface area contributed by atoms with E-state index in [4.69, 9.17) is 4.74 Å². The van der Waals surface area contributed by atoms with Gasteiger partial charge < -0.3 is 15.0 Å². The number of urea groups is 1. The quantitative estimate of drug-likeness (QED) is 0.888. The fourth-order valence-electron chi connectivity index (χ4n) is 2.34. The van der Waals surface area contributed by atoms with Crippen molar-refractivity contribution in [1.82, 2.24) is 10.2 Å². The third-order valence-corrected chi connectivity index (χ3v) is 3.27. The summed E-state index contributed by atoms with van der Waals surface area (Å²) in [6, 6.07) is 8.18. The number of morpholine rings is 1. The van der Waals surface area contributed by atoms with E-state index in [0.717, 1.165) is 5.56 Å². The second-order valence-electron chi connectivity index (χ2n) is 5.31. The van der Waals surface area contributed by atoms with Crippen LogP contribution in [0.15, 0.2) is 24.3 Å². The van der Waals surface area contributed by atoms with E-state index >= 15 is 0 Å². The van der Waals surface area contributed by atoms with Crippen molar-refractivity contribution >= 4 is 6.03 Å². The zero-order valence-corrected chi connectivity index (χ0v) is 11.8. The van der Waals surface area contributed by atoms with Crippen LogP contribution in [0.2, 0.25) is 0 Å². The largest absolute Gasteiger partial charge is 0.372 e. The van der Waals surface area contributed by atoms with Crippen LogP contribution >= 0.6 is 0 Å². The van der Waals surface area contributed by atoms with Crippen molar-refractivity contribution < 1.29 is 9.53 Å². The summed E-state index contributed by atoms with van der Waals surface area (Å²) in [5, 5.41) is 2.96. The van der Waals surface area contributed by atoms with Gasteiger partial charge in [-0.2, -0.15) is 0 Å². The summed E-state index contributed by atoms with van der Waals surface area (Å²) in [5.74, 6) is 0. The number of rotatable bonds is 2. The van der Waals surface area contributed by atoms with Crippen molar-refractivity contribution in [2.75, 3.05) is 13.1 Å². The molecular formula is C15H22N2O2. The zero-order chi connectivity index (χ0) is 13.8. The highest BCUT2D eigenvalue weighted by Gasteiger charge is 2.25. The first-order chi connectivity index (χ1) is 9.04. The van der Waals surface area contributed by atoms with E-state index in [1.165, 1.54) is 5.56 Å². The van der Waals surface area contributed by atoms with Gasteiger partial charge in [-0.3, -0.25) is 0 Å². The molecule has 1 aromatic rings. The van der Waals surface area contributed by atoms with Gasteiger partial charge in [0.2, 0.25) is 0 Å². The molecule has 4 heteroatoms. The molecule has 0 spiro atoms. The van der Waals surface area contributed by atoms with E-state index in [2.05, 4.69) is 24.4 Å². The maximum atomic E-state index is 12.1. The van der Waals surface area contributed by atoms with E-state index in [-0.39, 0.29) is 18.2 Å². The lowest BCUT2D eigenvalue weighted by atomic mass is 10.1. The zero-order valence-electron chi connectivity index (χ0n) is 11.8. The predicted molar refractivity (Wildman–Crippen MR) is 75.0 cm³/mol. The summed E-state index contributed by atoms with van der Waals surface area (Å²) in [7, 11) is 0. The number of ether oxygens (including phenoxy) is 1. The molecule has 2 amide bonds. The molecule has 1 aliphatic heterocycles. The highest BCUT2D eigenvalue weighted by molar-refractivity contribution is 5.74. The summed E-state index contributed by atoms with van der Waals surface area (Å²) in [5.41, 5.74) is 2.35. The van der Waals surface area contributed by atoms with Gasteiger partial charge in [0.1, 0.15) is 0 Å². The highest BCUT2D eigenvalue weighted by Crippen LogP contribution is 2.11. The molecule has 19 heavy (non-hydrogen) atoms. The molecule has 1 heterocycles. The predicted octanol–water partition coefficient (Wildman–Crippen LogP) is 2.31. The summed E-state index contributed by atoms with van der Waals surface area (Å²) < 4.78 is 5.62. The lowest BCUT2D eigenvalue weighted by molar-refractivity contribution is -0.0545. The minimum absolute atomic E-state index is 0.0115. The molecule has 1 N–H and O–H groups in total. The Kier molecular flexibility index (Phi) is 4.43. The van der Waals surface area contributed by atoms with Gasteiger partial charge in [0.25, 0.3) is 0 Å². The second-order valence-corrected chi connectivity index (χ2v) is 5.31. The Hall–Kier alpha value is -1.55. The number of benzene rings is 1. The van der Waals surface area contributed by atoms with Crippen LogP contribution in [0.1, 0.15) is 25.0 Å². The summed E-state index contributed by atoms with van der Waals surface area (Å²) in [6.45, 7) is 7.93. The molecule has 1 saturated heterocycles. The van der Waals surface area contributed by atoms with Crippen LogP contribution in [0.25, 0.3) is 0 Å². The van der Waals surface area contributed by atoms with Gasteiger partial charge in [-0.1, -0.05) is 29.8 Å². The van der Waals surface area contributed by atoms with Crippen LogP contribution in [0.3, 0.4) is 0 Å². The maximum Gasteiger partial charge on any atom is 0.317 e. The average molecular weight is 262 g/mol. The van der Waals surface area contributed by atoms with Crippen molar-refractivity contribution in [3.63, 3.8) is 0 Å². The van der Waals surface area contributed by atoms with Gasteiger partial charge in [-0.15, -0.1) is 0 Å². The first-order valence-corrected chi connectivity index (χ1v) is 6.78. The van der Waals surface area contributed by atoms with Crippen LogP contribution < -0.4 is 5.32 Å². The molecule has 1 aromatic carbocycles. The Morgan fingerprint density at radius 3 is 2.42 bits per heavy atom. The van der Waals surface area contributed by atoms with E-state index in [0.29, 0.717) is 19.6 Å². The molecule has 2 atom stereocenters. The molecule has 104 valence electrons. The van der Waals surface area contributed by atoms with Crippen LogP contribution in [-0.2, 0) is 11.3 Å². The monoisotopic (exact) mass is 262 g/mol. The maximum absolute atomic E-state index is 12.1.